The van der Waals surface area contributed by atoms with Crippen molar-refractivity contribution in [1.29, 1.82) is 0 Å². The lowest BCUT2D eigenvalue weighted by Crippen LogP contribution is -2.42. The van der Waals surface area contributed by atoms with Crippen molar-refractivity contribution in [3.8, 4) is 11.5 Å². The van der Waals surface area contributed by atoms with Crippen LogP contribution >= 0.6 is 0 Å². The maximum atomic E-state index is 12.5. The topological polar surface area (TPSA) is 72.4 Å². The van der Waals surface area contributed by atoms with E-state index in [4.69, 9.17) is 14.2 Å². The van der Waals surface area contributed by atoms with Gasteiger partial charge in [0.25, 0.3) is 5.91 Å². The van der Waals surface area contributed by atoms with Crippen molar-refractivity contribution in [1.82, 2.24) is 10.3 Å². The van der Waals surface area contributed by atoms with Crippen molar-refractivity contribution in [2.45, 2.75) is 13.0 Å². The summed E-state index contributed by atoms with van der Waals surface area (Å²) < 4.78 is 16.1. The minimum absolute atomic E-state index is 0.0119. The van der Waals surface area contributed by atoms with Crippen LogP contribution in [0.5, 0.6) is 11.5 Å². The second kappa shape index (κ2) is 8.41. The summed E-state index contributed by atoms with van der Waals surface area (Å²) in [5.41, 5.74) is 5.11. The summed E-state index contributed by atoms with van der Waals surface area (Å²) in [4.78, 5) is 14.9. The van der Waals surface area contributed by atoms with Gasteiger partial charge in [-0.15, -0.1) is 0 Å². The van der Waals surface area contributed by atoms with Crippen LogP contribution in [0, 0.1) is 0 Å². The van der Waals surface area contributed by atoms with Crippen molar-refractivity contribution in [3.63, 3.8) is 0 Å². The van der Waals surface area contributed by atoms with Crippen molar-refractivity contribution in [3.05, 3.63) is 59.7 Å². The van der Waals surface area contributed by atoms with Crippen molar-refractivity contribution in [2.24, 2.45) is 5.10 Å². The van der Waals surface area contributed by atoms with Crippen LogP contribution in [0.25, 0.3) is 0 Å². The molecular weight excluding hydrogens is 358 g/mol. The molecule has 0 unspecified atom stereocenters. The molecule has 0 bridgehead atoms. The monoisotopic (exact) mass is 381 g/mol. The zero-order valence-electron chi connectivity index (χ0n) is 15.8. The van der Waals surface area contributed by atoms with Gasteiger partial charge in [0.15, 0.2) is 11.5 Å². The Kier molecular flexibility index (Phi) is 5.55. The summed E-state index contributed by atoms with van der Waals surface area (Å²) in [6.45, 7) is 5.15. The number of rotatable bonds is 5. The summed E-state index contributed by atoms with van der Waals surface area (Å²) in [7, 11) is 0. The van der Waals surface area contributed by atoms with E-state index in [2.05, 4.69) is 27.6 Å². The van der Waals surface area contributed by atoms with Crippen LogP contribution in [0.15, 0.2) is 53.6 Å². The zero-order valence-corrected chi connectivity index (χ0v) is 15.8. The van der Waals surface area contributed by atoms with E-state index in [9.17, 15) is 4.79 Å². The highest BCUT2D eigenvalue weighted by Crippen LogP contribution is 2.32. The molecule has 0 aromatic heterocycles. The van der Waals surface area contributed by atoms with Crippen LogP contribution in [0.1, 0.15) is 28.9 Å². The third-order valence-electron chi connectivity index (χ3n) is 4.89. The number of morpholine rings is 1. The summed E-state index contributed by atoms with van der Waals surface area (Å²) in [5, 5.41) is 4.41. The van der Waals surface area contributed by atoms with E-state index in [1.807, 2.05) is 25.1 Å². The van der Waals surface area contributed by atoms with Crippen LogP contribution in [0.2, 0.25) is 0 Å². The normalized spacial score (nSPS) is 18.0. The molecule has 2 heterocycles. The molecular formula is C21H23N3O4. The van der Waals surface area contributed by atoms with Gasteiger partial charge in [0.1, 0.15) is 0 Å². The molecule has 1 atom stereocenters. The molecule has 1 amide bonds. The predicted octanol–water partition coefficient (Wildman–Crippen LogP) is 2.59. The molecule has 1 N–H and O–H groups in total. The van der Waals surface area contributed by atoms with E-state index in [1.165, 1.54) is 0 Å². The third-order valence-corrected chi connectivity index (χ3v) is 4.89. The summed E-state index contributed by atoms with van der Waals surface area (Å²) in [6.07, 6.45) is 0. The van der Waals surface area contributed by atoms with E-state index < -0.39 is 0 Å². The maximum Gasteiger partial charge on any atom is 0.271 e. The second-order valence-corrected chi connectivity index (χ2v) is 6.72. The second-order valence-electron chi connectivity index (χ2n) is 6.72. The van der Waals surface area contributed by atoms with Gasteiger partial charge in [-0.05, 0) is 30.7 Å². The lowest BCUT2D eigenvalue weighted by molar-refractivity contribution is 0.0285. The van der Waals surface area contributed by atoms with E-state index in [0.717, 1.165) is 24.4 Å². The minimum atomic E-state index is -0.286. The molecule has 7 nitrogen and oxygen atoms in total. The molecule has 1 fully saturated rings. The number of nitrogens with one attached hydrogen (secondary N) is 1. The van der Waals surface area contributed by atoms with Gasteiger partial charge in [-0.1, -0.05) is 30.3 Å². The number of benzene rings is 2. The number of fused-ring (bicyclic) bond motifs is 1. The number of hydrogen-bond acceptors (Lipinski definition) is 6. The summed E-state index contributed by atoms with van der Waals surface area (Å²) in [6, 6.07) is 15.3. The molecule has 28 heavy (non-hydrogen) atoms. The van der Waals surface area contributed by atoms with Gasteiger partial charge >= 0.3 is 0 Å². The first kappa shape index (κ1) is 18.5. The van der Waals surface area contributed by atoms with Crippen molar-refractivity contribution in [2.75, 3.05) is 33.1 Å². The SMILES string of the molecule is C/C(=N/NC(=O)c1ccc2c(c1)OCO2)[C@H](c1ccccc1)N1CCOCC1. The number of carbonyl (C=O) groups is 1. The minimum Gasteiger partial charge on any atom is -0.454 e. The van der Waals surface area contributed by atoms with Crippen molar-refractivity contribution >= 4 is 11.6 Å². The molecule has 1 saturated heterocycles. The van der Waals surface area contributed by atoms with Gasteiger partial charge in [0.05, 0.1) is 25.0 Å². The Hall–Kier alpha value is -2.90. The Morgan fingerprint density at radius 2 is 1.82 bits per heavy atom. The number of carbonyl (C=O) groups excluding carboxylic acids is 1. The molecule has 146 valence electrons. The number of amides is 1. The number of hydrazone groups is 1. The fourth-order valence-electron chi connectivity index (χ4n) is 3.49. The van der Waals surface area contributed by atoms with Gasteiger partial charge in [0.2, 0.25) is 6.79 Å². The molecule has 2 aliphatic rings. The largest absolute Gasteiger partial charge is 0.454 e. The Balaban J connectivity index is 1.51. The molecule has 2 aliphatic heterocycles. The standard InChI is InChI=1S/C21H23N3O4/c1-15(20(16-5-3-2-4-6-16)24-9-11-26-12-10-24)22-23-21(25)17-7-8-18-19(13-17)28-14-27-18/h2-8,13,20H,9-12,14H2,1H3,(H,23,25)/b22-15-/t20-/m1/s1. The average Bonchev–Trinajstić information content (AvgIpc) is 3.22. The molecule has 2 aromatic rings. The average molecular weight is 381 g/mol. The number of nitrogens with zero attached hydrogens (tertiary/aromatic N) is 2. The molecule has 7 heteroatoms. The fraction of sp³-hybridized carbons (Fsp3) is 0.333. The molecule has 0 radical (unpaired) electrons. The Labute approximate surface area is 163 Å². The van der Waals surface area contributed by atoms with Crippen LogP contribution in [0.3, 0.4) is 0 Å². The van der Waals surface area contributed by atoms with Gasteiger partial charge in [-0.3, -0.25) is 9.69 Å². The van der Waals surface area contributed by atoms with Gasteiger partial charge in [-0.25, -0.2) is 5.43 Å². The van der Waals surface area contributed by atoms with Crippen LogP contribution in [-0.4, -0.2) is 49.6 Å². The summed E-state index contributed by atoms with van der Waals surface area (Å²) >= 11 is 0. The third kappa shape index (κ3) is 4.00. The lowest BCUT2D eigenvalue weighted by atomic mass is 10.0. The highest BCUT2D eigenvalue weighted by atomic mass is 16.7. The highest BCUT2D eigenvalue weighted by Gasteiger charge is 2.25. The van der Waals surface area contributed by atoms with Gasteiger partial charge in [-0.2, -0.15) is 5.10 Å². The number of hydrogen-bond donors (Lipinski definition) is 1. The van der Waals surface area contributed by atoms with E-state index >= 15 is 0 Å². The fourth-order valence-corrected chi connectivity index (χ4v) is 3.49. The predicted molar refractivity (Wildman–Crippen MR) is 105 cm³/mol. The maximum absolute atomic E-state index is 12.5. The van der Waals surface area contributed by atoms with Gasteiger partial charge < -0.3 is 14.2 Å². The van der Waals surface area contributed by atoms with E-state index in [1.54, 1.807) is 18.2 Å². The van der Waals surface area contributed by atoms with E-state index in [0.29, 0.717) is 30.3 Å². The Morgan fingerprint density at radius 3 is 2.61 bits per heavy atom. The lowest BCUT2D eigenvalue weighted by Gasteiger charge is -2.34. The first-order valence-electron chi connectivity index (χ1n) is 9.33. The molecule has 0 aliphatic carbocycles. The van der Waals surface area contributed by atoms with E-state index in [-0.39, 0.29) is 18.7 Å². The van der Waals surface area contributed by atoms with Crippen LogP contribution in [0.4, 0.5) is 0 Å². The van der Waals surface area contributed by atoms with Crippen LogP contribution < -0.4 is 14.9 Å². The Morgan fingerprint density at radius 1 is 1.07 bits per heavy atom. The number of ether oxygens (including phenoxy) is 3. The Bertz CT molecular complexity index is 863. The first-order chi connectivity index (χ1) is 13.7. The quantitative estimate of drug-likeness (QED) is 0.637. The molecule has 2 aromatic carbocycles. The van der Waals surface area contributed by atoms with Crippen molar-refractivity contribution < 1.29 is 19.0 Å². The molecule has 0 saturated carbocycles. The molecule has 0 spiro atoms. The van der Waals surface area contributed by atoms with Gasteiger partial charge in [0, 0.05) is 18.7 Å². The smallest absolute Gasteiger partial charge is 0.271 e. The highest BCUT2D eigenvalue weighted by molar-refractivity contribution is 5.96. The first-order valence-corrected chi connectivity index (χ1v) is 9.33. The molecule has 4 rings (SSSR count). The summed E-state index contributed by atoms with van der Waals surface area (Å²) in [5.74, 6) is 0.933. The van der Waals surface area contributed by atoms with Crippen LogP contribution in [-0.2, 0) is 4.74 Å². The zero-order chi connectivity index (χ0) is 19.3.